The van der Waals surface area contributed by atoms with Gasteiger partial charge in [-0.1, -0.05) is 15.9 Å². The van der Waals surface area contributed by atoms with Crippen molar-refractivity contribution in [1.29, 1.82) is 0 Å². The zero-order chi connectivity index (χ0) is 16.1. The van der Waals surface area contributed by atoms with Crippen LogP contribution in [0, 0.1) is 6.92 Å². The number of rotatable bonds is 5. The van der Waals surface area contributed by atoms with E-state index >= 15 is 0 Å². The Labute approximate surface area is 138 Å². The number of aryl methyl sites for hydroxylation is 1. The molecule has 0 saturated carbocycles. The predicted molar refractivity (Wildman–Crippen MR) is 89.6 cm³/mol. The first kappa shape index (κ1) is 16.4. The molecule has 0 fully saturated rings. The summed E-state index contributed by atoms with van der Waals surface area (Å²) in [5, 5.41) is 2.91. The number of halogens is 1. The quantitative estimate of drug-likeness (QED) is 0.880. The van der Waals surface area contributed by atoms with E-state index in [1.165, 1.54) is 0 Å². The molecule has 1 amide bonds. The third-order valence-electron chi connectivity index (χ3n) is 3.36. The molecule has 0 unspecified atom stereocenters. The standard InChI is InChI=1S/C17H18BrNO3/c1-11-8-13(18)4-6-15(11)17(20)19-10-12-9-14(21-2)5-7-16(12)22-3/h4-9H,10H2,1-3H3,(H,19,20). The van der Waals surface area contributed by atoms with Crippen LogP contribution in [-0.2, 0) is 6.54 Å². The van der Waals surface area contributed by atoms with Crippen molar-refractivity contribution in [3.8, 4) is 11.5 Å². The average Bonchev–Trinajstić information content (AvgIpc) is 2.52. The van der Waals surface area contributed by atoms with E-state index in [0.717, 1.165) is 21.3 Å². The third kappa shape index (κ3) is 3.80. The summed E-state index contributed by atoms with van der Waals surface area (Å²) in [6, 6.07) is 11.1. The lowest BCUT2D eigenvalue weighted by molar-refractivity contribution is 0.0950. The van der Waals surface area contributed by atoms with Gasteiger partial charge in [-0.15, -0.1) is 0 Å². The summed E-state index contributed by atoms with van der Waals surface area (Å²) in [6.07, 6.45) is 0. The Hall–Kier alpha value is -2.01. The van der Waals surface area contributed by atoms with Gasteiger partial charge in [0.15, 0.2) is 0 Å². The van der Waals surface area contributed by atoms with Crippen molar-refractivity contribution in [1.82, 2.24) is 5.32 Å². The molecule has 22 heavy (non-hydrogen) atoms. The maximum absolute atomic E-state index is 12.3. The highest BCUT2D eigenvalue weighted by Gasteiger charge is 2.11. The molecule has 2 aromatic carbocycles. The van der Waals surface area contributed by atoms with Crippen LogP contribution in [-0.4, -0.2) is 20.1 Å². The van der Waals surface area contributed by atoms with Crippen LogP contribution in [0.4, 0.5) is 0 Å². The number of nitrogens with one attached hydrogen (secondary N) is 1. The molecule has 0 aliphatic heterocycles. The lowest BCUT2D eigenvalue weighted by Gasteiger charge is -2.12. The topological polar surface area (TPSA) is 47.6 Å². The van der Waals surface area contributed by atoms with E-state index in [1.807, 2.05) is 37.3 Å². The fraction of sp³-hybridized carbons (Fsp3) is 0.235. The van der Waals surface area contributed by atoms with Gasteiger partial charge in [0.25, 0.3) is 5.91 Å². The molecule has 116 valence electrons. The molecule has 0 spiro atoms. The van der Waals surface area contributed by atoms with Gasteiger partial charge in [-0.25, -0.2) is 0 Å². The Morgan fingerprint density at radius 1 is 1.14 bits per heavy atom. The number of amides is 1. The molecule has 0 saturated heterocycles. The smallest absolute Gasteiger partial charge is 0.251 e. The molecule has 1 N–H and O–H groups in total. The Bertz CT molecular complexity index is 686. The van der Waals surface area contributed by atoms with Gasteiger partial charge >= 0.3 is 0 Å². The van der Waals surface area contributed by atoms with Gasteiger partial charge < -0.3 is 14.8 Å². The summed E-state index contributed by atoms with van der Waals surface area (Å²) in [5.41, 5.74) is 2.44. The Morgan fingerprint density at radius 2 is 1.91 bits per heavy atom. The van der Waals surface area contributed by atoms with Gasteiger partial charge in [0.1, 0.15) is 11.5 Å². The second-order valence-electron chi connectivity index (χ2n) is 4.82. The highest BCUT2D eigenvalue weighted by molar-refractivity contribution is 9.10. The van der Waals surface area contributed by atoms with Crippen LogP contribution >= 0.6 is 15.9 Å². The molecule has 2 aromatic rings. The van der Waals surface area contributed by atoms with Crippen molar-refractivity contribution in [2.24, 2.45) is 0 Å². The first-order valence-electron chi connectivity index (χ1n) is 6.80. The molecule has 0 aliphatic rings. The van der Waals surface area contributed by atoms with E-state index in [-0.39, 0.29) is 5.91 Å². The van der Waals surface area contributed by atoms with Crippen molar-refractivity contribution >= 4 is 21.8 Å². The molecular weight excluding hydrogens is 346 g/mol. The van der Waals surface area contributed by atoms with E-state index in [4.69, 9.17) is 9.47 Å². The minimum atomic E-state index is -0.116. The van der Waals surface area contributed by atoms with Crippen LogP contribution in [0.15, 0.2) is 40.9 Å². The molecular formula is C17H18BrNO3. The highest BCUT2D eigenvalue weighted by atomic mass is 79.9. The Kier molecular flexibility index (Phi) is 5.44. The lowest BCUT2D eigenvalue weighted by Crippen LogP contribution is -2.23. The molecule has 4 nitrogen and oxygen atoms in total. The summed E-state index contributed by atoms with van der Waals surface area (Å²) < 4.78 is 11.5. The number of hydrogen-bond acceptors (Lipinski definition) is 3. The van der Waals surface area contributed by atoms with E-state index in [1.54, 1.807) is 20.3 Å². The van der Waals surface area contributed by atoms with Crippen LogP contribution in [0.3, 0.4) is 0 Å². The molecule has 0 heterocycles. The molecule has 5 heteroatoms. The monoisotopic (exact) mass is 363 g/mol. The first-order valence-corrected chi connectivity index (χ1v) is 7.59. The van der Waals surface area contributed by atoms with Gasteiger partial charge in [0.2, 0.25) is 0 Å². The second kappa shape index (κ2) is 7.31. The molecule has 0 aliphatic carbocycles. The molecule has 0 bridgehead atoms. The number of carbonyl (C=O) groups is 1. The minimum absolute atomic E-state index is 0.116. The average molecular weight is 364 g/mol. The van der Waals surface area contributed by atoms with Crippen LogP contribution in [0.5, 0.6) is 11.5 Å². The number of benzene rings is 2. The van der Waals surface area contributed by atoms with E-state index in [2.05, 4.69) is 21.2 Å². The molecule has 0 radical (unpaired) electrons. The van der Waals surface area contributed by atoms with Crippen molar-refractivity contribution in [2.75, 3.05) is 14.2 Å². The fourth-order valence-corrected chi connectivity index (χ4v) is 2.65. The maximum Gasteiger partial charge on any atom is 0.251 e. The Morgan fingerprint density at radius 3 is 2.55 bits per heavy atom. The van der Waals surface area contributed by atoms with Gasteiger partial charge in [-0.3, -0.25) is 4.79 Å². The van der Waals surface area contributed by atoms with Crippen LogP contribution in [0.25, 0.3) is 0 Å². The van der Waals surface area contributed by atoms with Crippen molar-refractivity contribution < 1.29 is 14.3 Å². The van der Waals surface area contributed by atoms with Crippen LogP contribution < -0.4 is 14.8 Å². The molecule has 0 atom stereocenters. The summed E-state index contributed by atoms with van der Waals surface area (Å²) >= 11 is 3.39. The lowest BCUT2D eigenvalue weighted by atomic mass is 10.1. The second-order valence-corrected chi connectivity index (χ2v) is 5.74. The predicted octanol–water partition coefficient (Wildman–Crippen LogP) is 3.70. The SMILES string of the molecule is COc1ccc(OC)c(CNC(=O)c2ccc(Br)cc2C)c1. The summed E-state index contributed by atoms with van der Waals surface area (Å²) in [5.74, 6) is 1.33. The highest BCUT2D eigenvalue weighted by Crippen LogP contribution is 2.24. The summed E-state index contributed by atoms with van der Waals surface area (Å²) in [4.78, 5) is 12.3. The Balaban J connectivity index is 2.13. The maximum atomic E-state index is 12.3. The van der Waals surface area contributed by atoms with Gasteiger partial charge in [-0.05, 0) is 48.9 Å². The van der Waals surface area contributed by atoms with E-state index in [9.17, 15) is 4.79 Å². The van der Waals surface area contributed by atoms with Gasteiger partial charge in [-0.2, -0.15) is 0 Å². The van der Waals surface area contributed by atoms with E-state index in [0.29, 0.717) is 17.9 Å². The minimum Gasteiger partial charge on any atom is -0.497 e. The summed E-state index contributed by atoms with van der Waals surface area (Å²) in [7, 11) is 3.21. The number of ether oxygens (including phenoxy) is 2. The van der Waals surface area contributed by atoms with Crippen molar-refractivity contribution in [3.63, 3.8) is 0 Å². The summed E-state index contributed by atoms with van der Waals surface area (Å²) in [6.45, 7) is 2.28. The zero-order valence-electron chi connectivity index (χ0n) is 12.8. The van der Waals surface area contributed by atoms with Gasteiger partial charge in [0, 0.05) is 22.1 Å². The van der Waals surface area contributed by atoms with E-state index < -0.39 is 0 Å². The third-order valence-corrected chi connectivity index (χ3v) is 3.85. The van der Waals surface area contributed by atoms with Crippen molar-refractivity contribution in [3.05, 3.63) is 57.6 Å². The fourth-order valence-electron chi connectivity index (χ4n) is 2.17. The van der Waals surface area contributed by atoms with Gasteiger partial charge in [0.05, 0.1) is 14.2 Å². The largest absolute Gasteiger partial charge is 0.497 e. The van der Waals surface area contributed by atoms with Crippen molar-refractivity contribution in [2.45, 2.75) is 13.5 Å². The molecule has 0 aromatic heterocycles. The van der Waals surface area contributed by atoms with Crippen LogP contribution in [0.1, 0.15) is 21.5 Å². The number of carbonyl (C=O) groups excluding carboxylic acids is 1. The van der Waals surface area contributed by atoms with Crippen LogP contribution in [0.2, 0.25) is 0 Å². The number of hydrogen-bond donors (Lipinski definition) is 1. The number of methoxy groups -OCH3 is 2. The zero-order valence-corrected chi connectivity index (χ0v) is 14.4. The first-order chi connectivity index (χ1) is 10.5. The molecule has 2 rings (SSSR count). The normalized spacial score (nSPS) is 10.2.